The first-order valence-corrected chi connectivity index (χ1v) is 10.1. The zero-order valence-electron chi connectivity index (χ0n) is 16.2. The first-order chi connectivity index (χ1) is 13.1. The molecule has 6 nitrogen and oxygen atoms in total. The minimum absolute atomic E-state index is 0.0109. The zero-order chi connectivity index (χ0) is 19.2. The smallest absolute Gasteiger partial charge is 0.317 e. The molecular weight excluding hydrogens is 360 g/mol. The molecule has 1 aromatic heterocycles. The summed E-state index contributed by atoms with van der Waals surface area (Å²) < 4.78 is 5.46. The van der Waals surface area contributed by atoms with Crippen molar-refractivity contribution in [1.82, 2.24) is 15.1 Å². The van der Waals surface area contributed by atoms with E-state index in [1.807, 2.05) is 37.2 Å². The molecule has 1 aliphatic heterocycles. The molecule has 2 aromatic rings. The number of rotatable bonds is 6. The van der Waals surface area contributed by atoms with Gasteiger partial charge in [-0.15, -0.1) is 0 Å². The van der Waals surface area contributed by atoms with Gasteiger partial charge >= 0.3 is 6.03 Å². The van der Waals surface area contributed by atoms with Crippen LogP contribution in [-0.4, -0.2) is 69.8 Å². The van der Waals surface area contributed by atoms with E-state index in [-0.39, 0.29) is 12.1 Å². The molecule has 3 rings (SSSR count). The molecule has 2 amide bonds. The number of thiophene rings is 1. The molecule has 1 aromatic carbocycles. The number of anilines is 1. The van der Waals surface area contributed by atoms with Crippen LogP contribution in [0.1, 0.15) is 11.6 Å². The van der Waals surface area contributed by atoms with Crippen molar-refractivity contribution >= 4 is 23.1 Å². The van der Waals surface area contributed by atoms with E-state index in [9.17, 15) is 4.79 Å². The molecule has 0 spiro atoms. The van der Waals surface area contributed by atoms with Crippen LogP contribution in [0.3, 0.4) is 0 Å². The van der Waals surface area contributed by atoms with E-state index < -0.39 is 0 Å². The highest BCUT2D eigenvalue weighted by molar-refractivity contribution is 7.07. The van der Waals surface area contributed by atoms with Crippen LogP contribution in [-0.2, 0) is 0 Å². The van der Waals surface area contributed by atoms with Gasteiger partial charge in [0.1, 0.15) is 5.75 Å². The van der Waals surface area contributed by atoms with E-state index in [4.69, 9.17) is 4.74 Å². The Labute approximate surface area is 165 Å². The molecule has 0 aliphatic carbocycles. The fraction of sp³-hybridized carbons (Fsp3) is 0.450. The van der Waals surface area contributed by atoms with Crippen molar-refractivity contribution in [2.45, 2.75) is 6.04 Å². The Bertz CT molecular complexity index is 727. The van der Waals surface area contributed by atoms with Crippen molar-refractivity contribution in [3.63, 3.8) is 0 Å². The average Bonchev–Trinajstić information content (AvgIpc) is 3.22. The van der Waals surface area contributed by atoms with Crippen LogP contribution in [0, 0.1) is 0 Å². The highest BCUT2D eigenvalue weighted by Gasteiger charge is 2.24. The first-order valence-electron chi connectivity index (χ1n) is 9.19. The van der Waals surface area contributed by atoms with Crippen molar-refractivity contribution in [3.05, 3.63) is 46.7 Å². The number of carbonyl (C=O) groups excluding carboxylic acids is 1. The van der Waals surface area contributed by atoms with E-state index in [0.29, 0.717) is 19.6 Å². The van der Waals surface area contributed by atoms with Gasteiger partial charge in [0.15, 0.2) is 0 Å². The fourth-order valence-electron chi connectivity index (χ4n) is 3.40. The molecule has 1 atom stereocenters. The number of piperazine rings is 1. The van der Waals surface area contributed by atoms with Crippen molar-refractivity contribution < 1.29 is 9.53 Å². The normalized spacial score (nSPS) is 15.7. The molecule has 2 heterocycles. The Balaban J connectivity index is 1.52. The van der Waals surface area contributed by atoms with E-state index in [2.05, 4.69) is 38.0 Å². The summed E-state index contributed by atoms with van der Waals surface area (Å²) in [5.74, 6) is 0.875. The third kappa shape index (κ3) is 4.73. The highest BCUT2D eigenvalue weighted by atomic mass is 32.1. The molecule has 1 N–H and O–H groups in total. The lowest BCUT2D eigenvalue weighted by Crippen LogP contribution is -2.52. The number of nitrogens with zero attached hydrogens (tertiary/aromatic N) is 3. The second-order valence-corrected chi connectivity index (χ2v) is 7.65. The molecule has 1 fully saturated rings. The van der Waals surface area contributed by atoms with Crippen molar-refractivity contribution in [2.24, 2.45) is 0 Å². The van der Waals surface area contributed by atoms with Crippen LogP contribution in [0.5, 0.6) is 5.75 Å². The SMILES string of the molecule is COc1ccccc1N1CCN(C(=O)NC[C@@H](c2ccsc2)N(C)C)CC1. The fourth-order valence-corrected chi connectivity index (χ4v) is 4.11. The molecule has 27 heavy (non-hydrogen) atoms. The predicted molar refractivity (Wildman–Crippen MR) is 111 cm³/mol. The minimum atomic E-state index is 0.0109. The number of urea groups is 1. The van der Waals surface area contributed by atoms with Gasteiger partial charge in [0.25, 0.3) is 0 Å². The predicted octanol–water partition coefficient (Wildman–Crippen LogP) is 2.89. The quantitative estimate of drug-likeness (QED) is 0.827. The number of carbonyl (C=O) groups is 1. The van der Waals surface area contributed by atoms with Crippen LogP contribution < -0.4 is 15.0 Å². The zero-order valence-corrected chi connectivity index (χ0v) is 17.0. The lowest BCUT2D eigenvalue weighted by Gasteiger charge is -2.37. The number of methoxy groups -OCH3 is 1. The van der Waals surface area contributed by atoms with E-state index >= 15 is 0 Å². The number of benzene rings is 1. The van der Waals surface area contributed by atoms with Gasteiger partial charge in [-0.3, -0.25) is 0 Å². The van der Waals surface area contributed by atoms with Crippen LogP contribution in [0.4, 0.5) is 10.5 Å². The Kier molecular flexibility index (Phi) is 6.58. The lowest BCUT2D eigenvalue weighted by atomic mass is 10.1. The van der Waals surface area contributed by atoms with Gasteiger partial charge in [-0.05, 0) is 48.6 Å². The second kappa shape index (κ2) is 9.10. The summed E-state index contributed by atoms with van der Waals surface area (Å²) in [6.07, 6.45) is 0. The molecule has 0 saturated carbocycles. The summed E-state index contributed by atoms with van der Waals surface area (Å²) in [7, 11) is 5.78. The molecule has 0 radical (unpaired) electrons. The standard InChI is InChI=1S/C20H28N4O2S/c1-22(2)18(16-8-13-27-15-16)14-21-20(25)24-11-9-23(10-12-24)17-6-4-5-7-19(17)26-3/h4-8,13,15,18H,9-12,14H2,1-3H3,(H,21,25)/t18-/m0/s1. The number of ether oxygens (including phenoxy) is 1. The van der Waals surface area contributed by atoms with Crippen molar-refractivity contribution in [3.8, 4) is 5.75 Å². The van der Waals surface area contributed by atoms with Crippen LogP contribution >= 0.6 is 11.3 Å². The Hall–Kier alpha value is -2.25. The molecule has 1 saturated heterocycles. The molecule has 1 aliphatic rings. The Morgan fingerprint density at radius 3 is 2.59 bits per heavy atom. The van der Waals surface area contributed by atoms with Gasteiger partial charge in [-0.25, -0.2) is 4.79 Å². The monoisotopic (exact) mass is 388 g/mol. The number of hydrogen-bond acceptors (Lipinski definition) is 5. The summed E-state index contributed by atoms with van der Waals surface area (Å²) in [6, 6.07) is 10.3. The maximum atomic E-state index is 12.6. The van der Waals surface area contributed by atoms with Gasteiger partial charge < -0.3 is 24.8 Å². The molecular formula is C20H28N4O2S. The van der Waals surface area contributed by atoms with E-state index in [1.54, 1.807) is 18.4 Å². The molecule has 7 heteroatoms. The van der Waals surface area contributed by atoms with Gasteiger partial charge in [-0.2, -0.15) is 11.3 Å². The number of likely N-dealkylation sites (N-methyl/N-ethyl adjacent to an activating group) is 1. The Morgan fingerprint density at radius 1 is 1.22 bits per heavy atom. The first kappa shape index (κ1) is 19.5. The summed E-state index contributed by atoms with van der Waals surface area (Å²) in [4.78, 5) is 18.9. The van der Waals surface area contributed by atoms with Crippen molar-refractivity contribution in [1.29, 1.82) is 0 Å². The van der Waals surface area contributed by atoms with Gasteiger partial charge in [-0.1, -0.05) is 12.1 Å². The van der Waals surface area contributed by atoms with Crippen LogP contribution in [0.15, 0.2) is 41.1 Å². The maximum absolute atomic E-state index is 12.6. The number of hydrogen-bond donors (Lipinski definition) is 1. The lowest BCUT2D eigenvalue weighted by molar-refractivity contribution is 0.189. The third-order valence-electron chi connectivity index (χ3n) is 4.99. The topological polar surface area (TPSA) is 48.1 Å². The number of nitrogens with one attached hydrogen (secondary N) is 1. The van der Waals surface area contributed by atoms with Gasteiger partial charge in [0, 0.05) is 32.7 Å². The average molecular weight is 389 g/mol. The molecule has 0 bridgehead atoms. The summed E-state index contributed by atoms with van der Waals surface area (Å²) in [6.45, 7) is 3.62. The largest absolute Gasteiger partial charge is 0.495 e. The second-order valence-electron chi connectivity index (χ2n) is 6.87. The minimum Gasteiger partial charge on any atom is -0.495 e. The van der Waals surface area contributed by atoms with E-state index in [1.165, 1.54) is 5.56 Å². The van der Waals surface area contributed by atoms with Crippen LogP contribution in [0.25, 0.3) is 0 Å². The number of para-hydroxylation sites is 2. The van der Waals surface area contributed by atoms with E-state index in [0.717, 1.165) is 24.5 Å². The van der Waals surface area contributed by atoms with Gasteiger partial charge in [0.2, 0.25) is 0 Å². The summed E-state index contributed by atoms with van der Waals surface area (Å²) in [5, 5.41) is 7.32. The molecule has 146 valence electrons. The highest BCUT2D eigenvalue weighted by Crippen LogP contribution is 2.28. The summed E-state index contributed by atoms with van der Waals surface area (Å²) in [5.41, 5.74) is 2.33. The third-order valence-corrected chi connectivity index (χ3v) is 5.69. The van der Waals surface area contributed by atoms with Gasteiger partial charge in [0.05, 0.1) is 18.8 Å². The van der Waals surface area contributed by atoms with Crippen LogP contribution in [0.2, 0.25) is 0 Å². The van der Waals surface area contributed by atoms with Crippen molar-refractivity contribution in [2.75, 3.05) is 58.8 Å². The molecule has 0 unspecified atom stereocenters. The Morgan fingerprint density at radius 2 is 1.96 bits per heavy atom. The maximum Gasteiger partial charge on any atom is 0.317 e. The number of amides is 2. The summed E-state index contributed by atoms with van der Waals surface area (Å²) >= 11 is 1.68.